The first-order valence-electron chi connectivity index (χ1n) is 5.64. The third kappa shape index (κ3) is 4.34. The topological polar surface area (TPSA) is 70.6 Å². The summed E-state index contributed by atoms with van der Waals surface area (Å²) in [6, 6.07) is 3.26. The van der Waals surface area contributed by atoms with Crippen molar-refractivity contribution in [1.29, 1.82) is 0 Å². The predicted molar refractivity (Wildman–Crippen MR) is 81.8 cm³/mol. The first-order chi connectivity index (χ1) is 8.77. The van der Waals surface area contributed by atoms with E-state index in [-0.39, 0.29) is 5.84 Å². The summed E-state index contributed by atoms with van der Waals surface area (Å²) in [4.78, 5) is 0. The molecule has 0 heterocycles. The molecule has 0 saturated heterocycles. The number of nitrogens with two attached hydrogens (primary N) is 1. The summed E-state index contributed by atoms with van der Waals surface area (Å²) >= 11 is 17.8. The van der Waals surface area contributed by atoms with E-state index in [1.807, 2.05) is 13.8 Å². The molecule has 0 atom stereocenters. The molecule has 0 unspecified atom stereocenters. The number of benzene rings is 1. The van der Waals surface area contributed by atoms with Gasteiger partial charge in [-0.2, -0.15) is 0 Å². The summed E-state index contributed by atoms with van der Waals surface area (Å²) in [7, 11) is 0. The normalized spacial score (nSPS) is 12.6. The minimum absolute atomic E-state index is 0.189. The fourth-order valence-corrected chi connectivity index (χ4v) is 2.04. The quantitative estimate of drug-likeness (QED) is 0.250. The van der Waals surface area contributed by atoms with Crippen LogP contribution in [0.5, 0.6) is 0 Å². The van der Waals surface area contributed by atoms with Crippen LogP contribution in [0.25, 0.3) is 0 Å². The van der Waals surface area contributed by atoms with Gasteiger partial charge in [0.1, 0.15) is 5.84 Å². The summed E-state index contributed by atoms with van der Waals surface area (Å²) in [5, 5.41) is 16.2. The van der Waals surface area contributed by atoms with Crippen molar-refractivity contribution in [2.45, 2.75) is 20.3 Å². The minimum atomic E-state index is -0.412. The average molecular weight is 325 g/mol. The van der Waals surface area contributed by atoms with Gasteiger partial charge in [0.25, 0.3) is 0 Å². The fraction of sp³-hybridized carbons (Fsp3) is 0.417. The molecule has 4 nitrogen and oxygen atoms in total. The second-order valence-electron chi connectivity index (χ2n) is 4.79. The third-order valence-corrected chi connectivity index (χ3v) is 3.91. The van der Waals surface area contributed by atoms with Crippen molar-refractivity contribution < 1.29 is 5.21 Å². The Morgan fingerprint density at radius 2 is 1.84 bits per heavy atom. The first-order valence-corrected chi connectivity index (χ1v) is 6.77. The Kier molecular flexibility index (Phi) is 5.59. The number of nitrogens with one attached hydrogen (secondary N) is 1. The number of anilines is 1. The lowest BCUT2D eigenvalue weighted by Crippen LogP contribution is -2.33. The lowest BCUT2D eigenvalue weighted by atomic mass is 9.88. The molecule has 106 valence electrons. The molecule has 1 aromatic rings. The van der Waals surface area contributed by atoms with Crippen molar-refractivity contribution in [3.8, 4) is 0 Å². The number of amidine groups is 1. The van der Waals surface area contributed by atoms with E-state index in [9.17, 15) is 0 Å². The Labute approximate surface area is 127 Å². The van der Waals surface area contributed by atoms with Gasteiger partial charge in [-0.25, -0.2) is 0 Å². The monoisotopic (exact) mass is 323 g/mol. The van der Waals surface area contributed by atoms with Crippen molar-refractivity contribution in [3.63, 3.8) is 0 Å². The zero-order valence-electron chi connectivity index (χ0n) is 10.7. The van der Waals surface area contributed by atoms with Gasteiger partial charge in [-0.15, -0.1) is 0 Å². The van der Waals surface area contributed by atoms with Crippen LogP contribution in [0.4, 0.5) is 5.69 Å². The zero-order chi connectivity index (χ0) is 14.6. The Morgan fingerprint density at radius 1 is 1.26 bits per heavy atom. The molecular formula is C12H16Cl3N3O. The highest BCUT2D eigenvalue weighted by Crippen LogP contribution is 2.32. The number of hydrogen-bond acceptors (Lipinski definition) is 3. The largest absolute Gasteiger partial charge is 0.409 e. The molecule has 0 fully saturated rings. The van der Waals surface area contributed by atoms with Crippen LogP contribution in [-0.4, -0.2) is 17.6 Å². The second-order valence-corrected chi connectivity index (χ2v) is 6.01. The van der Waals surface area contributed by atoms with Crippen LogP contribution in [0.1, 0.15) is 20.3 Å². The van der Waals surface area contributed by atoms with Crippen LogP contribution in [0.15, 0.2) is 17.3 Å². The van der Waals surface area contributed by atoms with Crippen LogP contribution >= 0.6 is 34.8 Å². The highest BCUT2D eigenvalue weighted by Gasteiger charge is 2.23. The highest BCUT2D eigenvalue weighted by atomic mass is 35.5. The summed E-state index contributed by atoms with van der Waals surface area (Å²) in [5.41, 5.74) is 5.90. The number of nitrogens with zero attached hydrogens (tertiary/aromatic N) is 1. The molecule has 0 aliphatic carbocycles. The van der Waals surface area contributed by atoms with Crippen LogP contribution in [0.3, 0.4) is 0 Å². The molecule has 0 saturated carbocycles. The summed E-state index contributed by atoms with van der Waals surface area (Å²) in [6.07, 6.45) is 0.666. The molecular weight excluding hydrogens is 309 g/mol. The van der Waals surface area contributed by atoms with Gasteiger partial charge < -0.3 is 16.3 Å². The van der Waals surface area contributed by atoms with E-state index in [4.69, 9.17) is 45.7 Å². The molecule has 19 heavy (non-hydrogen) atoms. The summed E-state index contributed by atoms with van der Waals surface area (Å²) < 4.78 is 0. The summed E-state index contributed by atoms with van der Waals surface area (Å²) in [6.45, 7) is 4.38. The van der Waals surface area contributed by atoms with Crippen molar-refractivity contribution in [1.82, 2.24) is 0 Å². The van der Waals surface area contributed by atoms with E-state index in [1.165, 1.54) is 0 Å². The second kappa shape index (κ2) is 6.55. The van der Waals surface area contributed by atoms with Gasteiger partial charge in [-0.3, -0.25) is 0 Å². The molecule has 0 amide bonds. The van der Waals surface area contributed by atoms with E-state index >= 15 is 0 Å². The Bertz CT molecular complexity index is 489. The SMILES string of the molecule is CC(C)(CCNc1cc(Cl)c(Cl)cc1Cl)C(N)=NO. The van der Waals surface area contributed by atoms with E-state index in [0.717, 1.165) is 0 Å². The molecule has 0 aromatic heterocycles. The lowest BCUT2D eigenvalue weighted by molar-refractivity contribution is 0.306. The molecule has 0 radical (unpaired) electrons. The smallest absolute Gasteiger partial charge is 0.144 e. The predicted octanol–water partition coefficient (Wildman–Crippen LogP) is 4.22. The highest BCUT2D eigenvalue weighted by molar-refractivity contribution is 6.44. The Balaban J connectivity index is 2.66. The maximum Gasteiger partial charge on any atom is 0.144 e. The first kappa shape index (κ1) is 16.2. The molecule has 7 heteroatoms. The molecule has 0 bridgehead atoms. The van der Waals surface area contributed by atoms with Gasteiger partial charge in [0, 0.05) is 12.0 Å². The molecule has 1 aromatic carbocycles. The number of oxime groups is 1. The number of rotatable bonds is 5. The number of hydrogen-bond donors (Lipinski definition) is 3. The van der Waals surface area contributed by atoms with E-state index in [0.29, 0.717) is 33.7 Å². The molecule has 0 aliphatic heterocycles. The van der Waals surface area contributed by atoms with Gasteiger partial charge in [0.2, 0.25) is 0 Å². The third-order valence-electron chi connectivity index (χ3n) is 2.88. The standard InChI is InChI=1S/C12H16Cl3N3O/c1-12(2,11(16)18-19)3-4-17-10-6-8(14)7(13)5-9(10)15/h5-6,17,19H,3-4H2,1-2H3,(H2,16,18). The van der Waals surface area contributed by atoms with Crippen molar-refractivity contribution in [2.75, 3.05) is 11.9 Å². The van der Waals surface area contributed by atoms with Gasteiger partial charge >= 0.3 is 0 Å². The van der Waals surface area contributed by atoms with Crippen molar-refractivity contribution in [3.05, 3.63) is 27.2 Å². The van der Waals surface area contributed by atoms with Crippen molar-refractivity contribution in [2.24, 2.45) is 16.3 Å². The fourth-order valence-electron chi connectivity index (χ4n) is 1.43. The Hall–Kier alpha value is -0.840. The minimum Gasteiger partial charge on any atom is -0.409 e. The maximum atomic E-state index is 8.69. The van der Waals surface area contributed by atoms with Crippen LogP contribution < -0.4 is 11.1 Å². The zero-order valence-corrected chi connectivity index (χ0v) is 12.9. The molecule has 0 spiro atoms. The summed E-state index contributed by atoms with van der Waals surface area (Å²) in [5.74, 6) is 0.189. The van der Waals surface area contributed by atoms with E-state index < -0.39 is 5.41 Å². The van der Waals surface area contributed by atoms with Gasteiger partial charge in [-0.05, 0) is 18.6 Å². The molecule has 1 rings (SSSR count). The Morgan fingerprint density at radius 3 is 2.42 bits per heavy atom. The van der Waals surface area contributed by atoms with Gasteiger partial charge in [-0.1, -0.05) is 53.8 Å². The van der Waals surface area contributed by atoms with Crippen LogP contribution in [0.2, 0.25) is 15.1 Å². The van der Waals surface area contributed by atoms with Crippen LogP contribution in [0, 0.1) is 5.41 Å². The molecule has 4 N–H and O–H groups in total. The van der Waals surface area contributed by atoms with Gasteiger partial charge in [0.05, 0.1) is 20.8 Å². The number of halogens is 3. The van der Waals surface area contributed by atoms with E-state index in [1.54, 1.807) is 12.1 Å². The van der Waals surface area contributed by atoms with Crippen LogP contribution in [-0.2, 0) is 0 Å². The lowest BCUT2D eigenvalue weighted by Gasteiger charge is -2.23. The average Bonchev–Trinajstić information content (AvgIpc) is 2.34. The van der Waals surface area contributed by atoms with E-state index in [2.05, 4.69) is 10.5 Å². The molecule has 0 aliphatic rings. The van der Waals surface area contributed by atoms with Crippen molar-refractivity contribution >= 4 is 46.3 Å². The van der Waals surface area contributed by atoms with Gasteiger partial charge in [0.15, 0.2) is 0 Å². The maximum absolute atomic E-state index is 8.69.